The van der Waals surface area contributed by atoms with E-state index in [1.807, 2.05) is 0 Å². The largest absolute Gasteiger partial charge is 0.491 e. The fraction of sp³-hybridized carbons (Fsp3) is 0.462. The molecule has 1 rings (SSSR count). The third-order valence-corrected chi connectivity index (χ3v) is 3.13. The zero-order chi connectivity index (χ0) is 15.0. The topological polar surface area (TPSA) is 70.6 Å². The minimum absolute atomic E-state index is 0.0738. The first-order valence-electron chi connectivity index (χ1n) is 6.20. The molecule has 0 aliphatic carbocycles. The van der Waals surface area contributed by atoms with Crippen molar-refractivity contribution >= 4 is 29.1 Å². The zero-order valence-electron chi connectivity index (χ0n) is 11.2. The summed E-state index contributed by atoms with van der Waals surface area (Å²) >= 11 is 11.6. The summed E-state index contributed by atoms with van der Waals surface area (Å²) in [7, 11) is 0. The van der Waals surface area contributed by atoms with Gasteiger partial charge < -0.3 is 20.5 Å². The van der Waals surface area contributed by atoms with E-state index in [4.69, 9.17) is 27.9 Å². The molecule has 0 saturated heterocycles. The number of hydrogen-bond donors (Lipinski definition) is 3. The molecule has 0 bridgehead atoms. The predicted octanol–water partition coefficient (Wildman–Crippen LogP) is 1.46. The molecule has 0 aliphatic rings. The molecule has 0 fully saturated rings. The highest BCUT2D eigenvalue weighted by Crippen LogP contribution is 2.26. The van der Waals surface area contributed by atoms with Crippen molar-refractivity contribution in [2.24, 2.45) is 0 Å². The fourth-order valence-electron chi connectivity index (χ4n) is 1.41. The Labute approximate surface area is 128 Å². The van der Waals surface area contributed by atoms with E-state index in [0.717, 1.165) is 0 Å². The summed E-state index contributed by atoms with van der Waals surface area (Å²) in [5.41, 5.74) is 0. The maximum absolute atomic E-state index is 10.6. The van der Waals surface area contributed by atoms with E-state index in [2.05, 4.69) is 10.6 Å². The van der Waals surface area contributed by atoms with Crippen molar-refractivity contribution in [1.29, 1.82) is 0 Å². The molecule has 1 aromatic carbocycles. The molecule has 20 heavy (non-hydrogen) atoms. The van der Waals surface area contributed by atoms with Crippen molar-refractivity contribution in [1.82, 2.24) is 10.6 Å². The van der Waals surface area contributed by atoms with Crippen molar-refractivity contribution in [2.45, 2.75) is 13.0 Å². The Morgan fingerprint density at radius 1 is 1.35 bits per heavy atom. The van der Waals surface area contributed by atoms with Gasteiger partial charge >= 0.3 is 0 Å². The molecule has 0 heterocycles. The van der Waals surface area contributed by atoms with Crippen molar-refractivity contribution in [3.05, 3.63) is 28.2 Å². The van der Waals surface area contributed by atoms with Crippen LogP contribution in [-0.4, -0.2) is 43.4 Å². The summed E-state index contributed by atoms with van der Waals surface area (Å²) in [6.07, 6.45) is -0.651. The van der Waals surface area contributed by atoms with Crippen LogP contribution in [0.25, 0.3) is 0 Å². The van der Waals surface area contributed by atoms with Gasteiger partial charge in [0, 0.05) is 32.6 Å². The second-order valence-electron chi connectivity index (χ2n) is 4.23. The van der Waals surface area contributed by atoms with E-state index < -0.39 is 6.10 Å². The molecule has 112 valence electrons. The van der Waals surface area contributed by atoms with Crippen LogP contribution in [0.4, 0.5) is 0 Å². The third kappa shape index (κ3) is 6.96. The van der Waals surface area contributed by atoms with E-state index in [1.54, 1.807) is 18.2 Å². The van der Waals surface area contributed by atoms with Gasteiger partial charge in [0.05, 0.1) is 10.0 Å². The molecule has 1 aromatic rings. The lowest BCUT2D eigenvalue weighted by Crippen LogP contribution is -2.36. The van der Waals surface area contributed by atoms with Crippen LogP contribution in [0.5, 0.6) is 5.75 Å². The van der Waals surface area contributed by atoms with Gasteiger partial charge in [-0.25, -0.2) is 0 Å². The number of nitrogens with one attached hydrogen (secondary N) is 2. The number of carbonyl (C=O) groups is 1. The van der Waals surface area contributed by atoms with Crippen molar-refractivity contribution in [3.63, 3.8) is 0 Å². The summed E-state index contributed by atoms with van der Waals surface area (Å²) in [6.45, 7) is 3.09. The molecule has 3 N–H and O–H groups in total. The van der Waals surface area contributed by atoms with E-state index in [1.165, 1.54) is 6.92 Å². The first-order chi connectivity index (χ1) is 9.49. The molecule has 7 heteroatoms. The maximum atomic E-state index is 10.6. The molecule has 1 atom stereocenters. The lowest BCUT2D eigenvalue weighted by atomic mass is 10.3. The highest BCUT2D eigenvalue weighted by Gasteiger charge is 2.06. The monoisotopic (exact) mass is 320 g/mol. The number of amides is 1. The van der Waals surface area contributed by atoms with Crippen molar-refractivity contribution in [2.75, 3.05) is 26.2 Å². The maximum Gasteiger partial charge on any atom is 0.216 e. The van der Waals surface area contributed by atoms with Gasteiger partial charge in [-0.2, -0.15) is 0 Å². The Kier molecular flexibility index (Phi) is 7.69. The van der Waals surface area contributed by atoms with Crippen LogP contribution in [0, 0.1) is 0 Å². The standard InChI is InChI=1S/C13H18Cl2N2O3/c1-9(18)17-5-4-16-7-10(19)8-20-11-2-3-12(14)13(15)6-11/h2-3,6,10,16,19H,4-5,7-8H2,1H3,(H,17,18). The summed E-state index contributed by atoms with van der Waals surface area (Å²) in [5, 5.41) is 16.2. The van der Waals surface area contributed by atoms with Crippen LogP contribution in [0.1, 0.15) is 6.92 Å². The zero-order valence-corrected chi connectivity index (χ0v) is 12.7. The molecule has 0 spiro atoms. The third-order valence-electron chi connectivity index (χ3n) is 2.39. The summed E-state index contributed by atoms with van der Waals surface area (Å²) < 4.78 is 5.40. The molecule has 1 amide bonds. The summed E-state index contributed by atoms with van der Waals surface area (Å²) in [6, 6.07) is 4.92. The molecule has 0 aromatic heterocycles. The van der Waals surface area contributed by atoms with Gasteiger partial charge in [0.2, 0.25) is 5.91 Å². The van der Waals surface area contributed by atoms with E-state index in [9.17, 15) is 9.90 Å². The molecule has 0 aliphatic heterocycles. The number of ether oxygens (including phenoxy) is 1. The molecule has 0 saturated carbocycles. The predicted molar refractivity (Wildman–Crippen MR) is 79.5 cm³/mol. The van der Waals surface area contributed by atoms with Crippen LogP contribution >= 0.6 is 23.2 Å². The van der Waals surface area contributed by atoms with Gasteiger partial charge in [-0.3, -0.25) is 4.79 Å². The van der Waals surface area contributed by atoms with Crippen LogP contribution in [0.3, 0.4) is 0 Å². The van der Waals surface area contributed by atoms with Gasteiger partial charge in [0.25, 0.3) is 0 Å². The minimum atomic E-state index is -0.651. The van der Waals surface area contributed by atoms with Gasteiger partial charge in [0.15, 0.2) is 0 Å². The average molecular weight is 321 g/mol. The molecular weight excluding hydrogens is 303 g/mol. The van der Waals surface area contributed by atoms with Crippen molar-refractivity contribution < 1.29 is 14.6 Å². The van der Waals surface area contributed by atoms with Gasteiger partial charge in [-0.1, -0.05) is 23.2 Å². The highest BCUT2D eigenvalue weighted by atomic mass is 35.5. The molecule has 0 radical (unpaired) electrons. The Morgan fingerprint density at radius 3 is 2.75 bits per heavy atom. The minimum Gasteiger partial charge on any atom is -0.491 e. The van der Waals surface area contributed by atoms with Gasteiger partial charge in [-0.05, 0) is 12.1 Å². The Bertz CT molecular complexity index is 444. The van der Waals surface area contributed by atoms with E-state index in [0.29, 0.717) is 35.4 Å². The van der Waals surface area contributed by atoms with Crippen LogP contribution < -0.4 is 15.4 Å². The van der Waals surface area contributed by atoms with E-state index in [-0.39, 0.29) is 12.5 Å². The van der Waals surface area contributed by atoms with Gasteiger partial charge in [-0.15, -0.1) is 0 Å². The number of benzene rings is 1. The summed E-state index contributed by atoms with van der Waals surface area (Å²) in [4.78, 5) is 10.6. The smallest absolute Gasteiger partial charge is 0.216 e. The number of hydrogen-bond acceptors (Lipinski definition) is 4. The number of aliphatic hydroxyl groups excluding tert-OH is 1. The lowest BCUT2D eigenvalue weighted by molar-refractivity contribution is -0.118. The second-order valence-corrected chi connectivity index (χ2v) is 5.04. The average Bonchev–Trinajstić information content (AvgIpc) is 2.39. The number of halogens is 2. The molecule has 5 nitrogen and oxygen atoms in total. The fourth-order valence-corrected chi connectivity index (χ4v) is 1.70. The van der Waals surface area contributed by atoms with Crippen LogP contribution in [0.2, 0.25) is 10.0 Å². The van der Waals surface area contributed by atoms with Crippen molar-refractivity contribution in [3.8, 4) is 5.75 Å². The molecule has 1 unspecified atom stereocenters. The van der Waals surface area contributed by atoms with Crippen LogP contribution in [-0.2, 0) is 4.79 Å². The van der Waals surface area contributed by atoms with E-state index >= 15 is 0 Å². The second kappa shape index (κ2) is 9.02. The first-order valence-corrected chi connectivity index (χ1v) is 6.95. The first kappa shape index (κ1) is 17.0. The van der Waals surface area contributed by atoms with Crippen LogP contribution in [0.15, 0.2) is 18.2 Å². The SMILES string of the molecule is CC(=O)NCCNCC(O)COc1ccc(Cl)c(Cl)c1. The normalized spacial score (nSPS) is 12.0. The highest BCUT2D eigenvalue weighted by molar-refractivity contribution is 6.42. The number of rotatable bonds is 8. The summed E-state index contributed by atoms with van der Waals surface area (Å²) in [5.74, 6) is 0.479. The Balaban J connectivity index is 2.17. The lowest BCUT2D eigenvalue weighted by Gasteiger charge is -2.13. The quantitative estimate of drug-likeness (QED) is 0.634. The Hall–Kier alpha value is -1.01. The Morgan fingerprint density at radius 2 is 2.10 bits per heavy atom. The molecular formula is C13H18Cl2N2O3. The number of carbonyl (C=O) groups excluding carboxylic acids is 1. The number of aliphatic hydroxyl groups is 1. The van der Waals surface area contributed by atoms with Gasteiger partial charge in [0.1, 0.15) is 18.5 Å².